The normalized spacial score (nSPS) is 12.3. The van der Waals surface area contributed by atoms with Gasteiger partial charge in [0.2, 0.25) is 0 Å². The molecule has 3 rings (SSSR count). The van der Waals surface area contributed by atoms with Gasteiger partial charge in [0.05, 0.1) is 19.2 Å². The number of nitrogens with zero attached hydrogens (tertiary/aromatic N) is 1. The van der Waals surface area contributed by atoms with Crippen molar-refractivity contribution in [3.05, 3.63) is 51.0 Å². The van der Waals surface area contributed by atoms with Crippen LogP contribution in [0.1, 0.15) is 0 Å². The molecule has 6 heteroatoms. The minimum absolute atomic E-state index is 0.0725. The van der Waals surface area contributed by atoms with Crippen LogP contribution in [0.3, 0.4) is 0 Å². The number of hydrogen-bond donors (Lipinski definition) is 0. The van der Waals surface area contributed by atoms with Crippen LogP contribution in [0, 0.1) is 10.1 Å². The highest BCUT2D eigenvalue weighted by atomic mass is 79.9. The molecule has 1 heterocycles. The van der Waals surface area contributed by atoms with E-state index >= 15 is 0 Å². The SMILES string of the molecule is O=[N+]([O-])c1ccc2c(c1)Sc1cccc(Br)c1O2. The number of ether oxygens (including phenoxy) is 1. The zero-order valence-corrected chi connectivity index (χ0v) is 11.3. The summed E-state index contributed by atoms with van der Waals surface area (Å²) in [5.74, 6) is 1.40. The van der Waals surface area contributed by atoms with Gasteiger partial charge >= 0.3 is 0 Å². The molecule has 1 aliphatic rings. The second-order valence-corrected chi connectivity index (χ2v) is 5.60. The van der Waals surface area contributed by atoms with Crippen LogP contribution in [-0.4, -0.2) is 4.92 Å². The zero-order chi connectivity index (χ0) is 12.7. The first-order chi connectivity index (χ1) is 8.65. The average Bonchev–Trinajstić information content (AvgIpc) is 2.36. The van der Waals surface area contributed by atoms with Crippen molar-refractivity contribution in [2.75, 3.05) is 0 Å². The van der Waals surface area contributed by atoms with Crippen LogP contribution in [0.2, 0.25) is 0 Å². The van der Waals surface area contributed by atoms with Gasteiger partial charge in [0.25, 0.3) is 5.69 Å². The van der Waals surface area contributed by atoms with E-state index < -0.39 is 4.92 Å². The Kier molecular flexibility index (Phi) is 2.76. The van der Waals surface area contributed by atoms with Crippen LogP contribution in [-0.2, 0) is 0 Å². The molecule has 0 bridgehead atoms. The molecule has 0 atom stereocenters. The number of para-hydroxylation sites is 1. The van der Waals surface area contributed by atoms with Crippen LogP contribution < -0.4 is 4.74 Å². The number of benzene rings is 2. The van der Waals surface area contributed by atoms with Crippen LogP contribution in [0.15, 0.2) is 50.7 Å². The minimum atomic E-state index is -0.405. The van der Waals surface area contributed by atoms with Gasteiger partial charge in [-0.1, -0.05) is 17.8 Å². The summed E-state index contributed by atoms with van der Waals surface area (Å²) in [6.07, 6.45) is 0. The summed E-state index contributed by atoms with van der Waals surface area (Å²) in [6.45, 7) is 0. The number of hydrogen-bond acceptors (Lipinski definition) is 4. The van der Waals surface area contributed by atoms with E-state index in [1.165, 1.54) is 23.9 Å². The Bertz CT molecular complexity index is 660. The first kappa shape index (κ1) is 11.6. The lowest BCUT2D eigenvalue weighted by Gasteiger charge is -2.20. The molecule has 0 saturated carbocycles. The first-order valence-electron chi connectivity index (χ1n) is 5.08. The van der Waals surface area contributed by atoms with Gasteiger partial charge in [0.1, 0.15) is 5.75 Å². The second-order valence-electron chi connectivity index (χ2n) is 3.66. The fourth-order valence-corrected chi connectivity index (χ4v) is 3.27. The Morgan fingerprint density at radius 2 is 2.06 bits per heavy atom. The number of nitro benzene ring substituents is 1. The van der Waals surface area contributed by atoms with E-state index in [1.807, 2.05) is 18.2 Å². The Hall–Kier alpha value is -1.53. The summed E-state index contributed by atoms with van der Waals surface area (Å²) in [6, 6.07) is 10.3. The molecule has 18 heavy (non-hydrogen) atoms. The molecule has 0 spiro atoms. The molecule has 2 aromatic carbocycles. The molecule has 0 unspecified atom stereocenters. The van der Waals surface area contributed by atoms with Crippen LogP contribution in [0.5, 0.6) is 11.5 Å². The molecule has 2 aromatic rings. The summed E-state index contributed by atoms with van der Waals surface area (Å²) >= 11 is 4.89. The van der Waals surface area contributed by atoms with E-state index in [-0.39, 0.29) is 5.69 Å². The van der Waals surface area contributed by atoms with Crippen LogP contribution in [0.25, 0.3) is 0 Å². The van der Waals surface area contributed by atoms with Crippen molar-refractivity contribution in [2.45, 2.75) is 9.79 Å². The summed E-state index contributed by atoms with van der Waals surface area (Å²) in [4.78, 5) is 12.0. The molecular formula is C12H6BrNO3S. The van der Waals surface area contributed by atoms with Crippen molar-refractivity contribution in [1.82, 2.24) is 0 Å². The van der Waals surface area contributed by atoms with E-state index in [0.29, 0.717) is 5.75 Å². The lowest BCUT2D eigenvalue weighted by atomic mass is 10.3. The number of halogens is 1. The third kappa shape index (κ3) is 1.87. The van der Waals surface area contributed by atoms with E-state index in [1.54, 1.807) is 6.07 Å². The van der Waals surface area contributed by atoms with Gasteiger partial charge in [-0.2, -0.15) is 0 Å². The maximum atomic E-state index is 10.7. The summed E-state index contributed by atoms with van der Waals surface area (Å²) in [7, 11) is 0. The number of non-ortho nitro benzene ring substituents is 1. The van der Waals surface area contributed by atoms with Gasteiger partial charge in [0, 0.05) is 12.1 Å². The Balaban J connectivity index is 2.08. The summed E-state index contributed by atoms with van der Waals surface area (Å²) in [5.41, 5.74) is 0.0725. The maximum Gasteiger partial charge on any atom is 0.270 e. The quantitative estimate of drug-likeness (QED) is 0.484. The Morgan fingerprint density at radius 3 is 2.83 bits per heavy atom. The molecular weight excluding hydrogens is 318 g/mol. The molecule has 0 fully saturated rings. The maximum absolute atomic E-state index is 10.7. The topological polar surface area (TPSA) is 52.4 Å². The molecule has 4 nitrogen and oxygen atoms in total. The van der Waals surface area contributed by atoms with Crippen molar-refractivity contribution in [2.24, 2.45) is 0 Å². The van der Waals surface area contributed by atoms with Crippen LogP contribution >= 0.6 is 27.7 Å². The van der Waals surface area contributed by atoms with Crippen molar-refractivity contribution in [1.29, 1.82) is 0 Å². The predicted molar refractivity (Wildman–Crippen MR) is 71.4 cm³/mol. The highest BCUT2D eigenvalue weighted by Gasteiger charge is 2.22. The molecule has 0 radical (unpaired) electrons. The molecule has 0 amide bonds. The number of nitro groups is 1. The lowest BCUT2D eigenvalue weighted by Crippen LogP contribution is -1.97. The molecule has 0 N–H and O–H groups in total. The standard InChI is InChI=1S/C12H6BrNO3S/c13-8-2-1-3-10-12(8)17-9-5-4-7(14(15)16)6-11(9)18-10/h1-6H. The zero-order valence-electron chi connectivity index (χ0n) is 8.92. The van der Waals surface area contributed by atoms with Crippen molar-refractivity contribution in [3.8, 4) is 11.5 Å². The van der Waals surface area contributed by atoms with E-state index in [0.717, 1.165) is 20.0 Å². The summed E-state index contributed by atoms with van der Waals surface area (Å²) in [5, 5.41) is 10.7. The minimum Gasteiger partial charge on any atom is -0.454 e. The van der Waals surface area contributed by atoms with Gasteiger partial charge in [-0.15, -0.1) is 0 Å². The highest BCUT2D eigenvalue weighted by molar-refractivity contribution is 9.10. The smallest absolute Gasteiger partial charge is 0.270 e. The molecule has 1 aliphatic heterocycles. The van der Waals surface area contributed by atoms with Gasteiger partial charge in [-0.05, 0) is 34.1 Å². The van der Waals surface area contributed by atoms with Crippen molar-refractivity contribution in [3.63, 3.8) is 0 Å². The number of rotatable bonds is 1. The van der Waals surface area contributed by atoms with E-state index in [2.05, 4.69) is 15.9 Å². The van der Waals surface area contributed by atoms with E-state index in [9.17, 15) is 10.1 Å². The number of fused-ring (bicyclic) bond motifs is 2. The van der Waals surface area contributed by atoms with Gasteiger partial charge in [0.15, 0.2) is 5.75 Å². The van der Waals surface area contributed by atoms with Crippen molar-refractivity contribution < 1.29 is 9.66 Å². The monoisotopic (exact) mass is 323 g/mol. The van der Waals surface area contributed by atoms with Gasteiger partial charge in [-0.3, -0.25) is 10.1 Å². The van der Waals surface area contributed by atoms with Gasteiger partial charge in [-0.25, -0.2) is 0 Å². The molecule has 0 aliphatic carbocycles. The Labute approximate surface area is 115 Å². The molecule has 0 saturated heterocycles. The third-order valence-electron chi connectivity index (χ3n) is 2.50. The molecule has 0 aromatic heterocycles. The first-order valence-corrected chi connectivity index (χ1v) is 6.69. The fourth-order valence-electron chi connectivity index (χ4n) is 1.67. The fraction of sp³-hybridized carbons (Fsp3) is 0. The average molecular weight is 324 g/mol. The predicted octanol–water partition coefficient (Wildman–Crippen LogP) is 4.61. The second kappa shape index (κ2) is 4.29. The third-order valence-corrected chi connectivity index (χ3v) is 4.21. The Morgan fingerprint density at radius 1 is 1.22 bits per heavy atom. The molecule has 90 valence electrons. The summed E-state index contributed by atoms with van der Waals surface area (Å²) < 4.78 is 6.62. The van der Waals surface area contributed by atoms with Gasteiger partial charge < -0.3 is 4.74 Å². The highest BCUT2D eigenvalue weighted by Crippen LogP contribution is 2.50. The van der Waals surface area contributed by atoms with Crippen molar-refractivity contribution >= 4 is 33.4 Å². The lowest BCUT2D eigenvalue weighted by molar-refractivity contribution is -0.385. The van der Waals surface area contributed by atoms with Crippen LogP contribution in [0.4, 0.5) is 5.69 Å². The van der Waals surface area contributed by atoms with E-state index in [4.69, 9.17) is 4.74 Å². The largest absolute Gasteiger partial charge is 0.454 e.